The summed E-state index contributed by atoms with van der Waals surface area (Å²) in [6.45, 7) is 3.07. The summed E-state index contributed by atoms with van der Waals surface area (Å²) in [4.78, 5) is 32.9. The summed E-state index contributed by atoms with van der Waals surface area (Å²) in [6.07, 6.45) is -0.197. The first-order chi connectivity index (χ1) is 9.73. The van der Waals surface area contributed by atoms with Crippen LogP contribution in [0.3, 0.4) is 0 Å². The van der Waals surface area contributed by atoms with Crippen LogP contribution >= 0.6 is 0 Å². The Balaban J connectivity index is -0.00000147. The maximum absolute atomic E-state index is 11.2. The molecule has 9 heteroatoms. The number of aliphatic carboxylic acids is 2. The SMILES string of the molecule is CC(C)/C(C(=O)[O-])=C(\Cc1ccc(C(=O)[O-])cc1)C(=O)[O-].[Na+].[Na+].[Na+]. The summed E-state index contributed by atoms with van der Waals surface area (Å²) in [7, 11) is 0. The second-order valence-electron chi connectivity index (χ2n) is 4.78. The Morgan fingerprint density at radius 3 is 1.62 bits per heavy atom. The van der Waals surface area contributed by atoms with Gasteiger partial charge >= 0.3 is 88.7 Å². The largest absolute Gasteiger partial charge is 1.00 e. The van der Waals surface area contributed by atoms with E-state index in [2.05, 4.69) is 0 Å². The van der Waals surface area contributed by atoms with Crippen LogP contribution in [0.5, 0.6) is 0 Å². The molecule has 1 aromatic rings. The Morgan fingerprint density at radius 2 is 1.33 bits per heavy atom. The van der Waals surface area contributed by atoms with Crippen LogP contribution in [0.1, 0.15) is 29.8 Å². The molecule has 6 nitrogen and oxygen atoms in total. The van der Waals surface area contributed by atoms with Crippen molar-refractivity contribution in [1.82, 2.24) is 0 Å². The Bertz CT molecular complexity index is 608. The Hall–Kier alpha value is 0.370. The monoisotopic (exact) mass is 358 g/mol. The summed E-state index contributed by atoms with van der Waals surface area (Å²) in [6, 6.07) is 5.29. The fourth-order valence-electron chi connectivity index (χ4n) is 1.95. The minimum atomic E-state index is -1.59. The van der Waals surface area contributed by atoms with E-state index in [9.17, 15) is 29.7 Å². The van der Waals surface area contributed by atoms with Gasteiger partial charge in [0.1, 0.15) is 0 Å². The Kier molecular flexibility index (Phi) is 16.5. The quantitative estimate of drug-likeness (QED) is 0.368. The fraction of sp³-hybridized carbons (Fsp3) is 0.267. The van der Waals surface area contributed by atoms with E-state index in [1.807, 2.05) is 0 Å². The molecule has 0 aromatic heterocycles. The maximum Gasteiger partial charge on any atom is 1.00 e. The summed E-state index contributed by atoms with van der Waals surface area (Å²) >= 11 is 0. The fourth-order valence-corrected chi connectivity index (χ4v) is 1.95. The number of carbonyl (C=O) groups excluding carboxylic acids is 3. The average molecular weight is 358 g/mol. The molecule has 0 aliphatic carbocycles. The van der Waals surface area contributed by atoms with Crippen LogP contribution in [0, 0.1) is 5.92 Å². The zero-order chi connectivity index (χ0) is 16.2. The Labute approximate surface area is 206 Å². The molecule has 0 aliphatic heterocycles. The standard InChI is InChI=1S/C15H16O6.3Na/c1-8(2)12(15(20)21)11(14(18)19)7-9-3-5-10(6-4-9)13(16)17;;;/h3-6,8H,7H2,1-2H3,(H,16,17)(H,18,19)(H,20,21);;;/q;3*+1/p-3/b12-11-;;;. The van der Waals surface area contributed by atoms with Gasteiger partial charge in [-0.2, -0.15) is 0 Å². The molecule has 0 aliphatic rings. The minimum Gasteiger partial charge on any atom is -0.545 e. The molecule has 1 aromatic carbocycles. The molecule has 0 radical (unpaired) electrons. The molecule has 0 amide bonds. The first kappa shape index (κ1) is 29.1. The van der Waals surface area contributed by atoms with Crippen LogP contribution in [-0.2, 0) is 16.0 Å². The summed E-state index contributed by atoms with van der Waals surface area (Å²) in [5.41, 5.74) is -0.328. The third-order valence-electron chi connectivity index (χ3n) is 2.94. The van der Waals surface area contributed by atoms with E-state index in [0.29, 0.717) is 5.56 Å². The van der Waals surface area contributed by atoms with Crippen molar-refractivity contribution in [3.05, 3.63) is 46.5 Å². The van der Waals surface area contributed by atoms with E-state index in [4.69, 9.17) is 0 Å². The number of rotatable bonds is 6. The van der Waals surface area contributed by atoms with Crippen molar-refractivity contribution in [1.29, 1.82) is 0 Å². The second kappa shape index (κ2) is 13.6. The van der Waals surface area contributed by atoms with Crippen molar-refractivity contribution in [2.75, 3.05) is 0 Å². The summed E-state index contributed by atoms with van der Waals surface area (Å²) < 4.78 is 0. The van der Waals surface area contributed by atoms with E-state index in [0.717, 1.165) is 0 Å². The van der Waals surface area contributed by atoms with E-state index in [1.54, 1.807) is 0 Å². The van der Waals surface area contributed by atoms with E-state index < -0.39 is 23.8 Å². The normalized spacial score (nSPS) is 10.5. The average Bonchev–Trinajstić information content (AvgIpc) is 2.37. The van der Waals surface area contributed by atoms with Gasteiger partial charge in [0, 0.05) is 0 Å². The first-order valence-electron chi connectivity index (χ1n) is 6.20. The molecular weight excluding hydrogens is 345 g/mol. The van der Waals surface area contributed by atoms with Crippen molar-refractivity contribution in [3.8, 4) is 0 Å². The van der Waals surface area contributed by atoms with E-state index in [-0.39, 0.29) is 112 Å². The smallest absolute Gasteiger partial charge is 0.545 e. The van der Waals surface area contributed by atoms with Gasteiger partial charge in [0.05, 0.1) is 17.9 Å². The van der Waals surface area contributed by atoms with Crippen LogP contribution in [-0.4, -0.2) is 17.9 Å². The zero-order valence-corrected chi connectivity index (χ0v) is 20.5. The molecule has 0 atom stereocenters. The van der Waals surface area contributed by atoms with Crippen molar-refractivity contribution >= 4 is 17.9 Å². The summed E-state index contributed by atoms with van der Waals surface area (Å²) in [5, 5.41) is 32.9. The molecule has 0 saturated carbocycles. The van der Waals surface area contributed by atoms with Crippen molar-refractivity contribution < 1.29 is 118 Å². The first-order valence-corrected chi connectivity index (χ1v) is 6.20. The molecule has 0 spiro atoms. The minimum absolute atomic E-state index is 0. The van der Waals surface area contributed by atoms with Crippen molar-refractivity contribution in [3.63, 3.8) is 0 Å². The van der Waals surface area contributed by atoms with Gasteiger partial charge < -0.3 is 29.7 Å². The van der Waals surface area contributed by atoms with Gasteiger partial charge in [-0.3, -0.25) is 0 Å². The van der Waals surface area contributed by atoms with Crippen molar-refractivity contribution in [2.45, 2.75) is 20.3 Å². The number of aromatic carboxylic acids is 1. The molecule has 0 fully saturated rings. The van der Waals surface area contributed by atoms with Gasteiger partial charge in [-0.25, -0.2) is 0 Å². The third kappa shape index (κ3) is 8.65. The molecule has 112 valence electrons. The molecule has 0 unspecified atom stereocenters. The second-order valence-corrected chi connectivity index (χ2v) is 4.78. The Morgan fingerprint density at radius 1 is 0.875 bits per heavy atom. The van der Waals surface area contributed by atoms with Gasteiger partial charge in [0.15, 0.2) is 0 Å². The number of carbonyl (C=O) groups is 3. The predicted molar refractivity (Wildman–Crippen MR) is 66.4 cm³/mol. The maximum atomic E-state index is 11.2. The number of carboxylic acid groups (broad SMARTS) is 3. The number of benzene rings is 1. The third-order valence-corrected chi connectivity index (χ3v) is 2.94. The van der Waals surface area contributed by atoms with Gasteiger partial charge in [-0.1, -0.05) is 38.1 Å². The van der Waals surface area contributed by atoms with Crippen molar-refractivity contribution in [2.24, 2.45) is 5.92 Å². The predicted octanol–water partition coefficient (Wildman–Crippen LogP) is -10.9. The van der Waals surface area contributed by atoms with Gasteiger partial charge in [0.2, 0.25) is 0 Å². The van der Waals surface area contributed by atoms with Gasteiger partial charge in [0.25, 0.3) is 0 Å². The molecule has 24 heavy (non-hydrogen) atoms. The summed E-state index contributed by atoms with van der Waals surface area (Å²) in [5.74, 6) is -5.05. The zero-order valence-electron chi connectivity index (χ0n) is 14.5. The van der Waals surface area contributed by atoms with Gasteiger partial charge in [-0.15, -0.1) is 0 Å². The van der Waals surface area contributed by atoms with Crippen LogP contribution in [0.15, 0.2) is 35.4 Å². The van der Waals surface area contributed by atoms with Crippen LogP contribution in [0.2, 0.25) is 0 Å². The van der Waals surface area contributed by atoms with Gasteiger partial charge in [-0.05, 0) is 34.6 Å². The van der Waals surface area contributed by atoms with Crippen LogP contribution in [0.25, 0.3) is 0 Å². The number of carboxylic acids is 3. The van der Waals surface area contributed by atoms with E-state index >= 15 is 0 Å². The molecule has 0 N–H and O–H groups in total. The molecule has 0 bridgehead atoms. The number of hydrogen-bond donors (Lipinski definition) is 0. The molecule has 0 heterocycles. The molecule has 1 rings (SSSR count). The topological polar surface area (TPSA) is 120 Å². The number of hydrogen-bond acceptors (Lipinski definition) is 6. The van der Waals surface area contributed by atoms with E-state index in [1.165, 1.54) is 38.1 Å². The molecule has 0 saturated heterocycles. The molecular formula is C15H13Na3O6. The van der Waals surface area contributed by atoms with Crippen LogP contribution < -0.4 is 104 Å². The van der Waals surface area contributed by atoms with Crippen LogP contribution in [0.4, 0.5) is 0 Å².